The number of ether oxygens (including phenoxy) is 1. The maximum absolute atomic E-state index is 5.96. The van der Waals surface area contributed by atoms with Crippen LogP contribution in [0.2, 0.25) is 0 Å². The molecule has 2 fully saturated rings. The average molecular weight is 348 g/mol. The van der Waals surface area contributed by atoms with Crippen molar-refractivity contribution in [2.75, 3.05) is 52.9 Å². The lowest BCUT2D eigenvalue weighted by atomic mass is 9.99. The Kier molecular flexibility index (Phi) is 6.31. The van der Waals surface area contributed by atoms with Gasteiger partial charge in [0.15, 0.2) is 5.96 Å². The first-order valence-electron chi connectivity index (χ1n) is 9.47. The van der Waals surface area contributed by atoms with Gasteiger partial charge in [0.1, 0.15) is 6.10 Å². The second-order valence-corrected chi connectivity index (χ2v) is 7.22. The lowest BCUT2D eigenvalue weighted by Crippen LogP contribution is -2.48. The number of nitrogens with zero attached hydrogens (tertiary/aromatic N) is 5. The molecule has 25 heavy (non-hydrogen) atoms. The maximum Gasteiger partial charge on any atom is 0.194 e. The summed E-state index contributed by atoms with van der Waals surface area (Å²) in [5.74, 6) is 1.69. The number of aliphatic imine (C=N–C) groups is 1. The number of likely N-dealkylation sites (tertiary alicyclic amines) is 1. The molecule has 0 amide bonds. The van der Waals surface area contributed by atoms with Crippen molar-refractivity contribution < 1.29 is 4.74 Å². The van der Waals surface area contributed by atoms with E-state index in [4.69, 9.17) is 9.73 Å². The summed E-state index contributed by atoms with van der Waals surface area (Å²) in [4.78, 5) is 9.71. The number of piperidine rings is 1. The van der Waals surface area contributed by atoms with Gasteiger partial charge in [-0.2, -0.15) is 5.10 Å². The Morgan fingerprint density at radius 1 is 1.36 bits per heavy atom. The fraction of sp³-hybridized carbons (Fsp3) is 0.778. The highest BCUT2D eigenvalue weighted by molar-refractivity contribution is 5.80. The minimum Gasteiger partial charge on any atom is -0.370 e. The van der Waals surface area contributed by atoms with Gasteiger partial charge < -0.3 is 19.9 Å². The van der Waals surface area contributed by atoms with E-state index >= 15 is 0 Å². The third kappa shape index (κ3) is 4.95. The fourth-order valence-corrected chi connectivity index (χ4v) is 3.71. The van der Waals surface area contributed by atoms with E-state index in [1.54, 1.807) is 0 Å². The molecule has 1 N–H and O–H groups in total. The number of aryl methyl sites for hydroxylation is 1. The van der Waals surface area contributed by atoms with Gasteiger partial charge in [-0.15, -0.1) is 0 Å². The molecule has 3 heterocycles. The van der Waals surface area contributed by atoms with E-state index in [1.807, 2.05) is 24.1 Å². The van der Waals surface area contributed by atoms with Crippen molar-refractivity contribution in [3.63, 3.8) is 0 Å². The van der Waals surface area contributed by atoms with Gasteiger partial charge in [-0.05, 0) is 39.3 Å². The minimum atomic E-state index is 0.0621. The van der Waals surface area contributed by atoms with Crippen molar-refractivity contribution in [1.82, 2.24) is 24.9 Å². The highest BCUT2D eigenvalue weighted by Gasteiger charge is 2.25. The van der Waals surface area contributed by atoms with Crippen molar-refractivity contribution in [2.45, 2.75) is 25.9 Å². The summed E-state index contributed by atoms with van der Waals surface area (Å²) in [5.41, 5.74) is 1.14. The van der Waals surface area contributed by atoms with Gasteiger partial charge >= 0.3 is 0 Å². The highest BCUT2D eigenvalue weighted by atomic mass is 16.5. The van der Waals surface area contributed by atoms with Crippen LogP contribution in [0.1, 0.15) is 31.4 Å². The Labute approximate surface area is 151 Å². The first kappa shape index (κ1) is 18.2. The van der Waals surface area contributed by atoms with Gasteiger partial charge in [-0.3, -0.25) is 9.67 Å². The molecular formula is C18H32N6O. The summed E-state index contributed by atoms with van der Waals surface area (Å²) in [7, 11) is 4.15. The topological polar surface area (TPSA) is 57.9 Å². The quantitative estimate of drug-likeness (QED) is 0.652. The molecule has 1 aromatic rings. The van der Waals surface area contributed by atoms with Crippen LogP contribution in [0.3, 0.4) is 0 Å². The van der Waals surface area contributed by atoms with Crippen LogP contribution in [0, 0.1) is 5.92 Å². The average Bonchev–Trinajstić information content (AvgIpc) is 3.05. The van der Waals surface area contributed by atoms with E-state index in [1.165, 1.54) is 19.4 Å². The van der Waals surface area contributed by atoms with Crippen molar-refractivity contribution in [1.29, 1.82) is 0 Å². The van der Waals surface area contributed by atoms with Crippen LogP contribution in [-0.4, -0.2) is 78.5 Å². The van der Waals surface area contributed by atoms with Gasteiger partial charge in [0.25, 0.3) is 0 Å². The molecule has 1 aromatic heterocycles. The van der Waals surface area contributed by atoms with Gasteiger partial charge in [0.2, 0.25) is 0 Å². The Bertz CT molecular complexity index is 572. The summed E-state index contributed by atoms with van der Waals surface area (Å²) >= 11 is 0. The van der Waals surface area contributed by atoms with Crippen molar-refractivity contribution in [3.8, 4) is 0 Å². The summed E-state index contributed by atoms with van der Waals surface area (Å²) < 4.78 is 7.79. The first-order valence-corrected chi connectivity index (χ1v) is 9.47. The molecule has 7 heteroatoms. The second kappa shape index (κ2) is 8.67. The molecule has 2 unspecified atom stereocenters. The van der Waals surface area contributed by atoms with E-state index in [9.17, 15) is 0 Å². The molecule has 2 saturated heterocycles. The van der Waals surface area contributed by atoms with E-state index in [0.29, 0.717) is 5.92 Å². The fourth-order valence-electron chi connectivity index (χ4n) is 3.71. The standard InChI is InChI=1S/C18H32N6O/c1-4-19-18(20-10-15-6-5-7-22(2)12-15)24-8-9-25-17(14-24)16-11-21-23(3)13-16/h11,13,15,17H,4-10,12,14H2,1-3H3,(H,19,20). The third-order valence-electron chi connectivity index (χ3n) is 5.02. The minimum absolute atomic E-state index is 0.0621. The lowest BCUT2D eigenvalue weighted by Gasteiger charge is -2.35. The third-order valence-corrected chi connectivity index (χ3v) is 5.02. The van der Waals surface area contributed by atoms with Gasteiger partial charge in [0, 0.05) is 45.0 Å². The monoisotopic (exact) mass is 348 g/mol. The summed E-state index contributed by atoms with van der Waals surface area (Å²) in [5, 5.41) is 7.74. The zero-order chi connectivity index (χ0) is 17.6. The number of aromatic nitrogens is 2. The molecule has 2 atom stereocenters. The zero-order valence-electron chi connectivity index (χ0n) is 15.8. The van der Waals surface area contributed by atoms with E-state index in [-0.39, 0.29) is 6.10 Å². The number of hydrogen-bond acceptors (Lipinski definition) is 4. The molecule has 140 valence electrons. The Morgan fingerprint density at radius 3 is 2.96 bits per heavy atom. The van der Waals surface area contributed by atoms with Crippen LogP contribution in [0.15, 0.2) is 17.4 Å². The number of rotatable bonds is 4. The molecule has 0 radical (unpaired) electrons. The molecule has 0 aromatic carbocycles. The molecule has 7 nitrogen and oxygen atoms in total. The van der Waals surface area contributed by atoms with Crippen molar-refractivity contribution >= 4 is 5.96 Å². The molecule has 0 saturated carbocycles. The van der Waals surface area contributed by atoms with Gasteiger partial charge in [0.05, 0.1) is 19.3 Å². The Balaban J connectivity index is 1.63. The first-order chi connectivity index (χ1) is 12.2. The largest absolute Gasteiger partial charge is 0.370 e. The van der Waals surface area contributed by atoms with Gasteiger partial charge in [-0.1, -0.05) is 0 Å². The highest BCUT2D eigenvalue weighted by Crippen LogP contribution is 2.22. The Morgan fingerprint density at radius 2 is 2.24 bits per heavy atom. The second-order valence-electron chi connectivity index (χ2n) is 7.22. The van der Waals surface area contributed by atoms with Crippen LogP contribution in [-0.2, 0) is 11.8 Å². The van der Waals surface area contributed by atoms with E-state index in [2.05, 4.69) is 34.2 Å². The molecule has 0 aliphatic carbocycles. The number of nitrogens with one attached hydrogen (secondary N) is 1. The molecular weight excluding hydrogens is 316 g/mol. The molecule has 3 rings (SSSR count). The molecule has 2 aliphatic heterocycles. The molecule has 0 spiro atoms. The van der Waals surface area contributed by atoms with E-state index in [0.717, 1.165) is 50.9 Å². The van der Waals surface area contributed by atoms with Crippen molar-refractivity contribution in [3.05, 3.63) is 18.0 Å². The lowest BCUT2D eigenvalue weighted by molar-refractivity contribution is -0.00808. The molecule has 2 aliphatic rings. The Hall–Kier alpha value is -1.60. The maximum atomic E-state index is 5.96. The van der Waals surface area contributed by atoms with Crippen LogP contribution in [0.25, 0.3) is 0 Å². The predicted octanol–water partition coefficient (Wildman–Crippen LogP) is 1.10. The summed E-state index contributed by atoms with van der Waals surface area (Å²) in [6.45, 7) is 8.72. The zero-order valence-corrected chi connectivity index (χ0v) is 15.8. The normalized spacial score (nSPS) is 26.0. The smallest absolute Gasteiger partial charge is 0.194 e. The summed E-state index contributed by atoms with van der Waals surface area (Å²) in [6.07, 6.45) is 6.57. The van der Waals surface area contributed by atoms with Crippen LogP contribution < -0.4 is 5.32 Å². The van der Waals surface area contributed by atoms with E-state index < -0.39 is 0 Å². The van der Waals surface area contributed by atoms with Crippen LogP contribution in [0.4, 0.5) is 0 Å². The molecule has 0 bridgehead atoms. The van der Waals surface area contributed by atoms with Crippen LogP contribution >= 0.6 is 0 Å². The summed E-state index contributed by atoms with van der Waals surface area (Å²) in [6, 6.07) is 0. The van der Waals surface area contributed by atoms with Crippen molar-refractivity contribution in [2.24, 2.45) is 18.0 Å². The SMILES string of the molecule is CCNC(=NCC1CCCN(C)C1)N1CCOC(c2cnn(C)c2)C1. The number of morpholine rings is 1. The predicted molar refractivity (Wildman–Crippen MR) is 99.7 cm³/mol. The number of hydrogen-bond donors (Lipinski definition) is 1. The number of guanidine groups is 1. The van der Waals surface area contributed by atoms with Crippen LogP contribution in [0.5, 0.6) is 0 Å². The van der Waals surface area contributed by atoms with Gasteiger partial charge in [-0.25, -0.2) is 0 Å².